The zero-order valence-electron chi connectivity index (χ0n) is 9.71. The molecule has 0 bridgehead atoms. The van der Waals surface area contributed by atoms with E-state index in [1.165, 1.54) is 6.20 Å². The molecule has 0 saturated carbocycles. The normalized spacial score (nSPS) is 10.8. The Kier molecular flexibility index (Phi) is 3.83. The SMILES string of the molecule is N#Cc1cc(S(=O)(=O)Nc2cncc(Cl)n2)ccc1F. The van der Waals surface area contributed by atoms with E-state index in [1.54, 1.807) is 6.07 Å². The summed E-state index contributed by atoms with van der Waals surface area (Å²) in [4.78, 5) is 7.13. The Morgan fingerprint density at radius 2 is 2.10 bits per heavy atom. The lowest BCUT2D eigenvalue weighted by Gasteiger charge is -2.07. The smallest absolute Gasteiger partial charge is 0.262 e. The first kappa shape index (κ1) is 14.2. The third-order valence-electron chi connectivity index (χ3n) is 2.21. The van der Waals surface area contributed by atoms with Crippen molar-refractivity contribution < 1.29 is 12.8 Å². The zero-order chi connectivity index (χ0) is 14.8. The van der Waals surface area contributed by atoms with Crippen molar-refractivity contribution in [2.45, 2.75) is 4.90 Å². The Morgan fingerprint density at radius 1 is 1.35 bits per heavy atom. The second kappa shape index (κ2) is 5.40. The minimum Gasteiger partial charge on any atom is -0.262 e. The third kappa shape index (κ3) is 3.01. The van der Waals surface area contributed by atoms with Crippen LogP contribution in [0.4, 0.5) is 10.2 Å². The van der Waals surface area contributed by atoms with Crippen molar-refractivity contribution in [1.82, 2.24) is 9.97 Å². The number of nitriles is 1. The van der Waals surface area contributed by atoms with Gasteiger partial charge in [0.1, 0.15) is 17.0 Å². The monoisotopic (exact) mass is 312 g/mol. The summed E-state index contributed by atoms with van der Waals surface area (Å²) in [6, 6.07) is 4.43. The first-order valence-electron chi connectivity index (χ1n) is 5.12. The fraction of sp³-hybridized carbons (Fsp3) is 0. The molecular weight excluding hydrogens is 307 g/mol. The average molecular weight is 313 g/mol. The lowest BCUT2D eigenvalue weighted by molar-refractivity contribution is 0.599. The van der Waals surface area contributed by atoms with E-state index in [-0.39, 0.29) is 21.4 Å². The Labute approximate surface area is 118 Å². The number of hydrogen-bond acceptors (Lipinski definition) is 5. The molecule has 0 unspecified atom stereocenters. The Bertz CT molecular complexity index is 804. The van der Waals surface area contributed by atoms with Gasteiger partial charge in [-0.3, -0.25) is 9.71 Å². The molecule has 2 aromatic rings. The van der Waals surface area contributed by atoms with E-state index in [1.807, 2.05) is 0 Å². The number of rotatable bonds is 3. The number of nitrogens with zero attached hydrogens (tertiary/aromatic N) is 3. The number of aromatic nitrogens is 2. The van der Waals surface area contributed by atoms with E-state index in [0.717, 1.165) is 24.4 Å². The summed E-state index contributed by atoms with van der Waals surface area (Å²) in [5, 5.41) is 8.71. The van der Waals surface area contributed by atoms with Crippen molar-refractivity contribution in [1.29, 1.82) is 5.26 Å². The molecule has 0 aliphatic rings. The van der Waals surface area contributed by atoms with Crippen LogP contribution in [0.3, 0.4) is 0 Å². The molecule has 9 heteroatoms. The quantitative estimate of drug-likeness (QED) is 0.934. The van der Waals surface area contributed by atoms with Crippen LogP contribution in [0.2, 0.25) is 5.15 Å². The largest absolute Gasteiger partial charge is 0.263 e. The Balaban J connectivity index is 2.39. The minimum absolute atomic E-state index is 0.0158. The van der Waals surface area contributed by atoms with Crippen LogP contribution in [0.1, 0.15) is 5.56 Å². The molecule has 1 aromatic heterocycles. The van der Waals surface area contributed by atoms with E-state index in [4.69, 9.17) is 16.9 Å². The van der Waals surface area contributed by atoms with E-state index < -0.39 is 15.8 Å². The Morgan fingerprint density at radius 3 is 2.75 bits per heavy atom. The van der Waals surface area contributed by atoms with Crippen molar-refractivity contribution in [2.75, 3.05) is 4.72 Å². The number of hydrogen-bond donors (Lipinski definition) is 1. The van der Waals surface area contributed by atoms with Crippen LogP contribution in [0.5, 0.6) is 0 Å². The van der Waals surface area contributed by atoms with Gasteiger partial charge in [0.05, 0.1) is 22.9 Å². The van der Waals surface area contributed by atoms with Crippen LogP contribution in [-0.2, 0) is 10.0 Å². The maximum Gasteiger partial charge on any atom is 0.263 e. The molecule has 0 spiro atoms. The molecule has 0 radical (unpaired) electrons. The van der Waals surface area contributed by atoms with Crippen molar-refractivity contribution in [3.05, 3.63) is 47.1 Å². The van der Waals surface area contributed by atoms with Crippen molar-refractivity contribution in [3.8, 4) is 6.07 Å². The maximum atomic E-state index is 13.2. The summed E-state index contributed by atoms with van der Waals surface area (Å²) in [5.41, 5.74) is -0.370. The van der Waals surface area contributed by atoms with Crippen LogP contribution in [0, 0.1) is 17.1 Å². The second-order valence-corrected chi connectivity index (χ2v) is 5.66. The molecule has 6 nitrogen and oxygen atoms in total. The molecule has 2 rings (SSSR count). The Hall–Kier alpha value is -2.24. The molecule has 1 heterocycles. The standard InChI is InChI=1S/C11H6ClFN4O2S/c12-10-5-15-6-11(16-10)17-20(18,19)8-1-2-9(13)7(3-8)4-14/h1-3,5-6H,(H,16,17). The van der Waals surface area contributed by atoms with E-state index in [0.29, 0.717) is 0 Å². The number of sulfonamides is 1. The molecule has 0 fully saturated rings. The molecule has 0 aliphatic heterocycles. The fourth-order valence-corrected chi connectivity index (χ4v) is 2.50. The summed E-state index contributed by atoms with van der Waals surface area (Å²) in [5.74, 6) is -0.880. The first-order chi connectivity index (χ1) is 9.42. The van der Waals surface area contributed by atoms with Crippen LogP contribution in [0.15, 0.2) is 35.5 Å². The summed E-state index contributed by atoms with van der Waals surface area (Å²) in [7, 11) is -4.01. The number of halogens is 2. The first-order valence-corrected chi connectivity index (χ1v) is 6.98. The van der Waals surface area contributed by atoms with Gasteiger partial charge in [-0.15, -0.1) is 0 Å². The maximum absolute atomic E-state index is 13.2. The summed E-state index contributed by atoms with van der Waals surface area (Å²) in [6.07, 6.45) is 2.41. The highest BCUT2D eigenvalue weighted by Gasteiger charge is 2.17. The number of benzene rings is 1. The highest BCUT2D eigenvalue weighted by molar-refractivity contribution is 7.92. The lowest BCUT2D eigenvalue weighted by atomic mass is 10.2. The topological polar surface area (TPSA) is 95.7 Å². The van der Waals surface area contributed by atoms with Crippen molar-refractivity contribution >= 4 is 27.4 Å². The number of anilines is 1. The summed E-state index contributed by atoms with van der Waals surface area (Å²) < 4.78 is 39.4. The van der Waals surface area contributed by atoms with Crippen molar-refractivity contribution in [3.63, 3.8) is 0 Å². The molecule has 1 N–H and O–H groups in total. The van der Waals surface area contributed by atoms with Gasteiger partial charge in [-0.2, -0.15) is 5.26 Å². The molecule has 20 heavy (non-hydrogen) atoms. The second-order valence-electron chi connectivity index (χ2n) is 3.59. The van der Waals surface area contributed by atoms with E-state index >= 15 is 0 Å². The average Bonchev–Trinajstić information content (AvgIpc) is 2.38. The molecule has 102 valence electrons. The molecule has 0 atom stereocenters. The highest BCUT2D eigenvalue weighted by Crippen LogP contribution is 2.18. The predicted octanol–water partition coefficient (Wildman–Crippen LogP) is 1.94. The van der Waals surface area contributed by atoms with Crippen LogP contribution in [-0.4, -0.2) is 18.4 Å². The molecule has 1 aromatic carbocycles. The van der Waals surface area contributed by atoms with Crippen molar-refractivity contribution in [2.24, 2.45) is 0 Å². The van der Waals surface area contributed by atoms with E-state index in [9.17, 15) is 12.8 Å². The lowest BCUT2D eigenvalue weighted by Crippen LogP contribution is -2.14. The highest BCUT2D eigenvalue weighted by atomic mass is 35.5. The van der Waals surface area contributed by atoms with Crippen LogP contribution < -0.4 is 4.72 Å². The van der Waals surface area contributed by atoms with Crippen LogP contribution >= 0.6 is 11.6 Å². The van der Waals surface area contributed by atoms with Gasteiger partial charge in [-0.1, -0.05) is 11.6 Å². The summed E-state index contributed by atoms with van der Waals surface area (Å²) >= 11 is 5.59. The van der Waals surface area contributed by atoms with Gasteiger partial charge in [0.25, 0.3) is 10.0 Å². The molecular formula is C11H6ClFN4O2S. The van der Waals surface area contributed by atoms with Gasteiger partial charge in [0.2, 0.25) is 0 Å². The summed E-state index contributed by atoms with van der Waals surface area (Å²) in [6.45, 7) is 0. The van der Waals surface area contributed by atoms with Gasteiger partial charge in [0, 0.05) is 0 Å². The van der Waals surface area contributed by atoms with Gasteiger partial charge in [-0.25, -0.2) is 17.8 Å². The predicted molar refractivity (Wildman–Crippen MR) is 69.0 cm³/mol. The third-order valence-corrected chi connectivity index (χ3v) is 3.75. The van der Waals surface area contributed by atoms with Gasteiger partial charge in [0.15, 0.2) is 5.82 Å². The minimum atomic E-state index is -4.01. The molecule has 0 aliphatic carbocycles. The zero-order valence-corrected chi connectivity index (χ0v) is 11.3. The van der Waals surface area contributed by atoms with Gasteiger partial charge >= 0.3 is 0 Å². The van der Waals surface area contributed by atoms with Gasteiger partial charge in [-0.05, 0) is 18.2 Å². The molecule has 0 amide bonds. The van der Waals surface area contributed by atoms with Crippen LogP contribution in [0.25, 0.3) is 0 Å². The van der Waals surface area contributed by atoms with E-state index in [2.05, 4.69) is 14.7 Å². The van der Waals surface area contributed by atoms with Gasteiger partial charge < -0.3 is 0 Å². The fourth-order valence-electron chi connectivity index (χ4n) is 1.35. The number of nitrogens with one attached hydrogen (secondary N) is 1. The molecule has 0 saturated heterocycles.